The zero-order valence-electron chi connectivity index (χ0n) is 19.5. The first-order valence-corrected chi connectivity index (χ1v) is 12.6. The highest BCUT2D eigenvalue weighted by Gasteiger charge is 2.28. The van der Waals surface area contributed by atoms with Crippen LogP contribution in [-0.2, 0) is 4.79 Å². The lowest BCUT2D eigenvalue weighted by Gasteiger charge is -2.29. The summed E-state index contributed by atoms with van der Waals surface area (Å²) in [5, 5.41) is 8.11. The number of amides is 3. The molecule has 3 amide bonds. The molecule has 2 N–H and O–H groups in total. The normalized spacial score (nSPS) is 18.0. The van der Waals surface area contributed by atoms with Crippen LogP contribution in [0.1, 0.15) is 44.9 Å². The molecule has 0 radical (unpaired) electrons. The predicted molar refractivity (Wildman–Crippen MR) is 138 cm³/mol. The van der Waals surface area contributed by atoms with Crippen LogP contribution in [0.25, 0.3) is 10.8 Å². The summed E-state index contributed by atoms with van der Waals surface area (Å²) in [5.74, 6) is 1.08. The largest absolute Gasteiger partial charge is 0.470 e. The number of fused-ring (bicyclic) bond motifs is 1. The van der Waals surface area contributed by atoms with Crippen molar-refractivity contribution in [3.8, 4) is 5.75 Å². The molecule has 7 nitrogen and oxygen atoms in total. The van der Waals surface area contributed by atoms with E-state index < -0.39 is 0 Å². The molecule has 5 rings (SSSR count). The summed E-state index contributed by atoms with van der Waals surface area (Å²) in [6.07, 6.45) is 10.5. The fourth-order valence-corrected chi connectivity index (χ4v) is 5.09. The number of rotatable bonds is 7. The number of β-lactam (4-membered cyclic amide) rings is 1. The SMILES string of the molecule is O=C1CC(Oc2cc(Cl)cc(N(CCC3CCCCC3)C(=O)Nc3cncc4ccccc34)c2)N1. The van der Waals surface area contributed by atoms with E-state index >= 15 is 0 Å². The third-order valence-electron chi connectivity index (χ3n) is 6.78. The molecular weight excluding hydrogens is 464 g/mol. The summed E-state index contributed by atoms with van der Waals surface area (Å²) in [6.45, 7) is 0.564. The van der Waals surface area contributed by atoms with Crippen molar-refractivity contribution in [3.63, 3.8) is 0 Å². The predicted octanol–water partition coefficient (Wildman–Crippen LogP) is 6.12. The van der Waals surface area contributed by atoms with E-state index in [1.807, 2.05) is 24.3 Å². The zero-order chi connectivity index (χ0) is 24.2. The number of ether oxygens (including phenoxy) is 1. The Morgan fingerprint density at radius 1 is 1.14 bits per heavy atom. The van der Waals surface area contributed by atoms with Crippen molar-refractivity contribution in [2.45, 2.75) is 51.2 Å². The summed E-state index contributed by atoms with van der Waals surface area (Å²) in [7, 11) is 0. The molecule has 2 heterocycles. The van der Waals surface area contributed by atoms with Crippen LogP contribution < -0.4 is 20.3 Å². The van der Waals surface area contributed by atoms with Crippen molar-refractivity contribution < 1.29 is 14.3 Å². The Morgan fingerprint density at radius 3 is 2.74 bits per heavy atom. The number of hydrogen-bond acceptors (Lipinski definition) is 4. The number of hydrogen-bond donors (Lipinski definition) is 2. The Labute approximate surface area is 209 Å². The molecule has 1 saturated heterocycles. The lowest BCUT2D eigenvalue weighted by Crippen LogP contribution is -2.51. The maximum absolute atomic E-state index is 13.6. The highest BCUT2D eigenvalue weighted by molar-refractivity contribution is 6.31. The molecule has 1 atom stereocenters. The molecule has 0 bridgehead atoms. The number of urea groups is 1. The molecule has 2 aliphatic rings. The minimum atomic E-state index is -0.375. The molecule has 0 spiro atoms. The van der Waals surface area contributed by atoms with E-state index in [0.717, 1.165) is 17.2 Å². The van der Waals surface area contributed by atoms with E-state index in [9.17, 15) is 9.59 Å². The van der Waals surface area contributed by atoms with Crippen LogP contribution in [-0.4, -0.2) is 29.7 Å². The summed E-state index contributed by atoms with van der Waals surface area (Å²) in [6, 6.07) is 12.9. The first-order valence-electron chi connectivity index (χ1n) is 12.2. The lowest BCUT2D eigenvalue weighted by atomic mass is 9.87. The molecule has 182 valence electrons. The Morgan fingerprint density at radius 2 is 1.94 bits per heavy atom. The van der Waals surface area contributed by atoms with Gasteiger partial charge in [0.25, 0.3) is 0 Å². The molecule has 1 aliphatic carbocycles. The minimum Gasteiger partial charge on any atom is -0.470 e. The second kappa shape index (κ2) is 10.5. The second-order valence-electron chi connectivity index (χ2n) is 9.31. The van der Waals surface area contributed by atoms with E-state index in [4.69, 9.17) is 16.3 Å². The molecule has 1 saturated carbocycles. The van der Waals surface area contributed by atoms with Crippen molar-refractivity contribution in [1.82, 2.24) is 10.3 Å². The molecule has 8 heteroatoms. The number of aromatic nitrogens is 1. The van der Waals surface area contributed by atoms with Gasteiger partial charge in [0, 0.05) is 34.6 Å². The first kappa shape index (κ1) is 23.4. The number of nitrogens with zero attached hydrogens (tertiary/aromatic N) is 2. The third kappa shape index (κ3) is 5.68. The van der Waals surface area contributed by atoms with Crippen molar-refractivity contribution in [2.24, 2.45) is 5.92 Å². The van der Waals surface area contributed by atoms with Crippen LogP contribution in [0.4, 0.5) is 16.2 Å². The highest BCUT2D eigenvalue weighted by Crippen LogP contribution is 2.32. The number of carbonyl (C=O) groups is 2. The van der Waals surface area contributed by atoms with E-state index in [0.29, 0.717) is 41.0 Å². The Balaban J connectivity index is 1.40. The maximum Gasteiger partial charge on any atom is 0.326 e. The molecule has 1 unspecified atom stereocenters. The first-order chi connectivity index (χ1) is 17.0. The lowest BCUT2D eigenvalue weighted by molar-refractivity contribution is -0.134. The molecule has 1 aromatic heterocycles. The Bertz CT molecular complexity index is 1210. The zero-order valence-corrected chi connectivity index (χ0v) is 20.3. The van der Waals surface area contributed by atoms with Crippen molar-refractivity contribution >= 4 is 45.7 Å². The standard InChI is InChI=1S/C27H29ClN4O3/c28-20-12-21(14-22(13-20)35-26-15-25(33)31-26)32(11-10-18-6-2-1-3-7-18)27(34)30-24-17-29-16-19-8-4-5-9-23(19)24/h4-5,8-9,12-14,16-18,26H,1-3,6-7,10-11,15H2,(H,30,34)(H,31,33). The van der Waals surface area contributed by atoms with Gasteiger partial charge in [-0.1, -0.05) is 68.0 Å². The summed E-state index contributed by atoms with van der Waals surface area (Å²) in [5.41, 5.74) is 1.31. The number of pyridine rings is 1. The van der Waals surface area contributed by atoms with E-state index in [1.165, 1.54) is 32.1 Å². The molecular formula is C27H29ClN4O3. The van der Waals surface area contributed by atoms with Crippen LogP contribution in [0.2, 0.25) is 5.02 Å². The maximum atomic E-state index is 13.6. The monoisotopic (exact) mass is 492 g/mol. The molecule has 35 heavy (non-hydrogen) atoms. The van der Waals surface area contributed by atoms with Gasteiger partial charge in [0.2, 0.25) is 5.91 Å². The van der Waals surface area contributed by atoms with Gasteiger partial charge in [-0.05, 0) is 24.5 Å². The highest BCUT2D eigenvalue weighted by atomic mass is 35.5. The van der Waals surface area contributed by atoms with Gasteiger partial charge in [-0.15, -0.1) is 0 Å². The number of anilines is 2. The van der Waals surface area contributed by atoms with E-state index in [1.54, 1.807) is 35.5 Å². The van der Waals surface area contributed by atoms with Crippen LogP contribution >= 0.6 is 11.6 Å². The Kier molecular flexibility index (Phi) is 7.04. The second-order valence-corrected chi connectivity index (χ2v) is 9.74. The van der Waals surface area contributed by atoms with Crippen LogP contribution in [0, 0.1) is 5.92 Å². The fourth-order valence-electron chi connectivity index (χ4n) is 4.87. The van der Waals surface area contributed by atoms with Gasteiger partial charge in [0.05, 0.1) is 24.0 Å². The number of halogens is 1. The third-order valence-corrected chi connectivity index (χ3v) is 7.00. The topological polar surface area (TPSA) is 83.6 Å². The quantitative estimate of drug-likeness (QED) is 0.389. The van der Waals surface area contributed by atoms with Gasteiger partial charge >= 0.3 is 6.03 Å². The van der Waals surface area contributed by atoms with Crippen molar-refractivity contribution in [3.05, 3.63) is 59.9 Å². The summed E-state index contributed by atoms with van der Waals surface area (Å²) >= 11 is 6.42. The van der Waals surface area contributed by atoms with Crippen molar-refractivity contribution in [1.29, 1.82) is 0 Å². The smallest absolute Gasteiger partial charge is 0.326 e. The number of benzene rings is 2. The van der Waals surface area contributed by atoms with Gasteiger partial charge in [-0.25, -0.2) is 4.79 Å². The van der Waals surface area contributed by atoms with Crippen LogP contribution in [0.15, 0.2) is 54.9 Å². The van der Waals surface area contributed by atoms with Gasteiger partial charge in [0.1, 0.15) is 5.75 Å². The summed E-state index contributed by atoms with van der Waals surface area (Å²) < 4.78 is 5.86. The van der Waals surface area contributed by atoms with Crippen LogP contribution in [0.5, 0.6) is 5.75 Å². The van der Waals surface area contributed by atoms with Gasteiger partial charge in [-0.2, -0.15) is 0 Å². The van der Waals surface area contributed by atoms with E-state index in [2.05, 4.69) is 15.6 Å². The molecule has 2 fully saturated rings. The minimum absolute atomic E-state index is 0.0468. The Hall–Kier alpha value is -3.32. The van der Waals surface area contributed by atoms with Gasteiger partial charge in [-0.3, -0.25) is 14.7 Å². The van der Waals surface area contributed by atoms with E-state index in [-0.39, 0.29) is 18.2 Å². The molecule has 3 aromatic rings. The van der Waals surface area contributed by atoms with Crippen LogP contribution in [0.3, 0.4) is 0 Å². The number of nitrogens with one attached hydrogen (secondary N) is 2. The number of carbonyl (C=O) groups excluding carboxylic acids is 2. The fraction of sp³-hybridized carbons (Fsp3) is 0.370. The average Bonchev–Trinajstić information content (AvgIpc) is 2.84. The summed E-state index contributed by atoms with van der Waals surface area (Å²) in [4.78, 5) is 30.9. The average molecular weight is 493 g/mol. The molecule has 1 aliphatic heterocycles. The van der Waals surface area contributed by atoms with Gasteiger partial charge < -0.3 is 15.4 Å². The molecule has 2 aromatic carbocycles. The van der Waals surface area contributed by atoms with Crippen molar-refractivity contribution in [2.75, 3.05) is 16.8 Å². The van der Waals surface area contributed by atoms with Gasteiger partial charge in [0.15, 0.2) is 6.23 Å².